The molecule has 0 atom stereocenters. The molecule has 28 heavy (non-hydrogen) atoms. The topological polar surface area (TPSA) is 54.0 Å². The highest BCUT2D eigenvalue weighted by Gasteiger charge is 2.20. The van der Waals surface area contributed by atoms with Gasteiger partial charge in [0.05, 0.1) is 26.5 Å². The van der Waals surface area contributed by atoms with Gasteiger partial charge in [0.2, 0.25) is 5.91 Å². The molecule has 1 saturated heterocycles. The molecule has 6 heteroatoms. The molecule has 2 aromatic carbocycles. The molecule has 0 radical (unpaired) electrons. The van der Waals surface area contributed by atoms with E-state index in [1.165, 1.54) is 5.56 Å². The quantitative estimate of drug-likeness (QED) is 0.757. The summed E-state index contributed by atoms with van der Waals surface area (Å²) in [5, 5.41) is 3.02. The minimum Gasteiger partial charge on any atom is -0.497 e. The lowest BCUT2D eigenvalue weighted by Crippen LogP contribution is -2.49. The van der Waals surface area contributed by atoms with E-state index in [1.807, 2.05) is 42.5 Å². The molecule has 3 rings (SSSR count). The molecule has 1 fully saturated rings. The van der Waals surface area contributed by atoms with E-state index < -0.39 is 0 Å². The van der Waals surface area contributed by atoms with Crippen molar-refractivity contribution in [1.29, 1.82) is 0 Å². The van der Waals surface area contributed by atoms with E-state index in [1.54, 1.807) is 14.2 Å². The van der Waals surface area contributed by atoms with Crippen LogP contribution in [0.25, 0.3) is 0 Å². The highest BCUT2D eigenvalue weighted by molar-refractivity contribution is 5.78. The van der Waals surface area contributed by atoms with Crippen molar-refractivity contribution < 1.29 is 14.3 Å². The van der Waals surface area contributed by atoms with Gasteiger partial charge < -0.3 is 19.7 Å². The zero-order valence-corrected chi connectivity index (χ0v) is 16.7. The molecule has 1 amide bonds. The molecule has 1 aliphatic rings. The summed E-state index contributed by atoms with van der Waals surface area (Å²) in [4.78, 5) is 16.8. The summed E-state index contributed by atoms with van der Waals surface area (Å²) in [5.74, 6) is 1.83. The van der Waals surface area contributed by atoms with Crippen LogP contribution in [0.3, 0.4) is 0 Å². The summed E-state index contributed by atoms with van der Waals surface area (Å²) >= 11 is 0. The summed E-state index contributed by atoms with van der Waals surface area (Å²) in [7, 11) is 3.36. The number of piperazine rings is 1. The van der Waals surface area contributed by atoms with Crippen LogP contribution in [-0.2, 0) is 11.2 Å². The molecule has 1 heterocycles. The predicted octanol–water partition coefficient (Wildman–Crippen LogP) is 2.18. The Hall–Kier alpha value is -2.73. The minimum absolute atomic E-state index is 0.0826. The SMILES string of the molecule is COc1ccc(CCNC(=O)CN2CCN(c3ccccc3OC)CC2)cc1. The van der Waals surface area contributed by atoms with Gasteiger partial charge in [-0.15, -0.1) is 0 Å². The molecule has 6 nitrogen and oxygen atoms in total. The summed E-state index contributed by atoms with van der Waals surface area (Å²) in [5.41, 5.74) is 2.31. The Morgan fingerprint density at radius 1 is 0.964 bits per heavy atom. The average molecular weight is 383 g/mol. The number of rotatable bonds is 8. The van der Waals surface area contributed by atoms with Gasteiger partial charge in [-0.3, -0.25) is 9.69 Å². The number of hydrogen-bond donors (Lipinski definition) is 1. The molecular formula is C22H29N3O3. The number of hydrogen-bond acceptors (Lipinski definition) is 5. The normalized spacial score (nSPS) is 14.6. The second-order valence-electron chi connectivity index (χ2n) is 6.88. The predicted molar refractivity (Wildman–Crippen MR) is 111 cm³/mol. The smallest absolute Gasteiger partial charge is 0.234 e. The third-order valence-corrected chi connectivity index (χ3v) is 5.06. The van der Waals surface area contributed by atoms with Crippen molar-refractivity contribution in [3.8, 4) is 11.5 Å². The number of benzene rings is 2. The molecule has 0 spiro atoms. The lowest BCUT2D eigenvalue weighted by molar-refractivity contribution is -0.122. The zero-order chi connectivity index (χ0) is 19.8. The van der Waals surface area contributed by atoms with Gasteiger partial charge in [-0.05, 0) is 36.2 Å². The highest BCUT2D eigenvalue weighted by Crippen LogP contribution is 2.28. The van der Waals surface area contributed by atoms with Crippen LogP contribution in [0.15, 0.2) is 48.5 Å². The molecule has 0 aliphatic carbocycles. The Balaban J connectivity index is 1.38. The van der Waals surface area contributed by atoms with Crippen LogP contribution in [0.2, 0.25) is 0 Å². The van der Waals surface area contributed by atoms with E-state index in [4.69, 9.17) is 9.47 Å². The van der Waals surface area contributed by atoms with Crippen molar-refractivity contribution in [3.63, 3.8) is 0 Å². The Kier molecular flexibility index (Phi) is 7.14. The molecule has 0 bridgehead atoms. The van der Waals surface area contributed by atoms with E-state index in [0.717, 1.165) is 49.8 Å². The van der Waals surface area contributed by atoms with Crippen molar-refractivity contribution in [2.24, 2.45) is 0 Å². The number of ether oxygens (including phenoxy) is 2. The Morgan fingerprint density at radius 2 is 1.68 bits per heavy atom. The molecular weight excluding hydrogens is 354 g/mol. The molecule has 150 valence electrons. The maximum atomic E-state index is 12.2. The summed E-state index contributed by atoms with van der Waals surface area (Å²) in [6.07, 6.45) is 0.817. The average Bonchev–Trinajstić information content (AvgIpc) is 2.75. The monoisotopic (exact) mass is 383 g/mol. The van der Waals surface area contributed by atoms with Crippen LogP contribution in [0, 0.1) is 0 Å². The number of methoxy groups -OCH3 is 2. The first-order chi connectivity index (χ1) is 13.7. The second-order valence-corrected chi connectivity index (χ2v) is 6.88. The molecule has 0 aromatic heterocycles. The van der Waals surface area contributed by atoms with Gasteiger partial charge in [-0.2, -0.15) is 0 Å². The largest absolute Gasteiger partial charge is 0.497 e. The number of amides is 1. The summed E-state index contributed by atoms with van der Waals surface area (Å²) in [6.45, 7) is 4.60. The van der Waals surface area contributed by atoms with Crippen LogP contribution in [-0.4, -0.2) is 64.3 Å². The van der Waals surface area contributed by atoms with Crippen molar-refractivity contribution in [1.82, 2.24) is 10.2 Å². The van der Waals surface area contributed by atoms with Crippen LogP contribution in [0.5, 0.6) is 11.5 Å². The third-order valence-electron chi connectivity index (χ3n) is 5.06. The van der Waals surface area contributed by atoms with Crippen molar-refractivity contribution >= 4 is 11.6 Å². The van der Waals surface area contributed by atoms with Crippen molar-refractivity contribution in [2.45, 2.75) is 6.42 Å². The van der Waals surface area contributed by atoms with Crippen LogP contribution in [0.1, 0.15) is 5.56 Å². The number of para-hydroxylation sites is 2. The van der Waals surface area contributed by atoms with Crippen LogP contribution >= 0.6 is 0 Å². The van der Waals surface area contributed by atoms with Gasteiger partial charge in [-0.1, -0.05) is 24.3 Å². The van der Waals surface area contributed by atoms with Crippen molar-refractivity contribution in [2.75, 3.05) is 58.4 Å². The lowest BCUT2D eigenvalue weighted by atomic mass is 10.1. The first-order valence-corrected chi connectivity index (χ1v) is 9.69. The number of carbonyl (C=O) groups is 1. The lowest BCUT2D eigenvalue weighted by Gasteiger charge is -2.36. The third kappa shape index (κ3) is 5.39. The van der Waals surface area contributed by atoms with Gasteiger partial charge in [0.15, 0.2) is 0 Å². The highest BCUT2D eigenvalue weighted by atomic mass is 16.5. The zero-order valence-electron chi connectivity index (χ0n) is 16.7. The maximum Gasteiger partial charge on any atom is 0.234 e. The Bertz CT molecular complexity index is 756. The first-order valence-electron chi connectivity index (χ1n) is 9.69. The maximum absolute atomic E-state index is 12.2. The van der Waals surface area contributed by atoms with Crippen molar-refractivity contribution in [3.05, 3.63) is 54.1 Å². The Morgan fingerprint density at radius 3 is 2.36 bits per heavy atom. The summed E-state index contributed by atoms with van der Waals surface area (Å²) < 4.78 is 10.6. The van der Waals surface area contributed by atoms with Gasteiger partial charge in [0.25, 0.3) is 0 Å². The molecule has 0 unspecified atom stereocenters. The fraction of sp³-hybridized carbons (Fsp3) is 0.409. The molecule has 0 saturated carbocycles. The van der Waals surface area contributed by atoms with Crippen LogP contribution < -0.4 is 19.7 Å². The number of carbonyl (C=O) groups excluding carboxylic acids is 1. The molecule has 2 aromatic rings. The number of nitrogens with one attached hydrogen (secondary N) is 1. The van der Waals surface area contributed by atoms with Gasteiger partial charge in [0, 0.05) is 32.7 Å². The number of nitrogens with zero attached hydrogens (tertiary/aromatic N) is 2. The molecule has 1 N–H and O–H groups in total. The van der Waals surface area contributed by atoms with E-state index in [9.17, 15) is 4.79 Å². The second kappa shape index (κ2) is 9.99. The van der Waals surface area contributed by atoms with E-state index >= 15 is 0 Å². The molecule has 1 aliphatic heterocycles. The number of anilines is 1. The first kappa shape index (κ1) is 20.0. The fourth-order valence-corrected chi connectivity index (χ4v) is 3.44. The summed E-state index contributed by atoms with van der Waals surface area (Å²) in [6, 6.07) is 16.0. The van der Waals surface area contributed by atoms with E-state index in [-0.39, 0.29) is 5.91 Å². The Labute approximate surface area is 167 Å². The van der Waals surface area contributed by atoms with Gasteiger partial charge >= 0.3 is 0 Å². The van der Waals surface area contributed by atoms with Gasteiger partial charge in [-0.25, -0.2) is 0 Å². The van der Waals surface area contributed by atoms with E-state index in [0.29, 0.717) is 13.1 Å². The fourth-order valence-electron chi connectivity index (χ4n) is 3.44. The standard InChI is InChI=1S/C22H29N3O3/c1-27-19-9-7-18(8-10-19)11-12-23-22(26)17-24-13-15-25(16-14-24)20-5-3-4-6-21(20)28-2/h3-10H,11-17H2,1-2H3,(H,23,26). The van der Waals surface area contributed by atoms with Gasteiger partial charge in [0.1, 0.15) is 11.5 Å². The minimum atomic E-state index is 0.0826. The van der Waals surface area contributed by atoms with E-state index in [2.05, 4.69) is 21.2 Å². The van der Waals surface area contributed by atoms with Crippen LogP contribution in [0.4, 0.5) is 5.69 Å².